The number of likely N-dealkylation sites (N-methyl/N-ethyl adjacent to an activating group) is 1. The zero-order valence-electron chi connectivity index (χ0n) is 21.4. The number of nitrogens with zero attached hydrogens (tertiary/aromatic N) is 4. The predicted molar refractivity (Wildman–Crippen MR) is 144 cm³/mol. The number of aryl methyl sites for hydroxylation is 1. The van der Waals surface area contributed by atoms with Crippen molar-refractivity contribution in [2.24, 2.45) is 0 Å². The molecule has 2 aromatic carbocycles. The first kappa shape index (κ1) is 25.5. The molecule has 0 bridgehead atoms. The number of aromatic nitrogens is 2. The maximum Gasteiger partial charge on any atom is 0.411 e. The van der Waals surface area contributed by atoms with Crippen LogP contribution in [0.4, 0.5) is 21.9 Å². The summed E-state index contributed by atoms with van der Waals surface area (Å²) >= 11 is 0. The third-order valence-corrected chi connectivity index (χ3v) is 6.08. The van der Waals surface area contributed by atoms with Crippen LogP contribution in [0.2, 0.25) is 0 Å². The molecule has 1 amide bonds. The Labute approximate surface area is 216 Å². The van der Waals surface area contributed by atoms with Crippen LogP contribution in [0.1, 0.15) is 25.0 Å². The van der Waals surface area contributed by atoms with Gasteiger partial charge in [-0.3, -0.25) is 5.32 Å². The van der Waals surface area contributed by atoms with Crippen LogP contribution < -0.4 is 15.4 Å². The fourth-order valence-corrected chi connectivity index (χ4v) is 3.69. The van der Waals surface area contributed by atoms with E-state index >= 15 is 0 Å². The van der Waals surface area contributed by atoms with Crippen molar-refractivity contribution in [3.05, 3.63) is 78.1 Å². The van der Waals surface area contributed by atoms with Gasteiger partial charge >= 0.3 is 6.09 Å². The lowest BCUT2D eigenvalue weighted by Crippen LogP contribution is -2.31. The number of para-hydroxylation sites is 1. The molecular formula is C28H30N6O3. The van der Waals surface area contributed by atoms with Crippen molar-refractivity contribution in [1.82, 2.24) is 14.5 Å². The fraction of sp³-hybridized carbons (Fsp3) is 0.250. The zero-order valence-corrected chi connectivity index (χ0v) is 21.4. The summed E-state index contributed by atoms with van der Waals surface area (Å²) in [6.07, 6.45) is 2.65. The highest BCUT2D eigenvalue weighted by Crippen LogP contribution is 2.33. The van der Waals surface area contributed by atoms with Gasteiger partial charge in [-0.25, -0.2) is 9.31 Å². The van der Waals surface area contributed by atoms with Crippen LogP contribution in [0, 0.1) is 18.3 Å². The number of hydrogen-bond acceptors (Lipinski definition) is 7. The van der Waals surface area contributed by atoms with Crippen molar-refractivity contribution < 1.29 is 14.3 Å². The number of rotatable bonds is 9. The number of amides is 1. The Morgan fingerprint density at radius 1 is 1.14 bits per heavy atom. The van der Waals surface area contributed by atoms with E-state index in [2.05, 4.69) is 40.5 Å². The van der Waals surface area contributed by atoms with Gasteiger partial charge in [-0.2, -0.15) is 10.4 Å². The maximum atomic E-state index is 12.4. The van der Waals surface area contributed by atoms with Crippen LogP contribution in [0.3, 0.4) is 0 Å². The van der Waals surface area contributed by atoms with Gasteiger partial charge in [-0.1, -0.05) is 18.2 Å². The number of anilines is 3. The molecule has 0 radical (unpaired) electrons. The Balaban J connectivity index is 1.52. The van der Waals surface area contributed by atoms with Crippen LogP contribution in [0.25, 0.3) is 5.52 Å². The molecule has 0 aliphatic heterocycles. The predicted octanol–water partition coefficient (Wildman–Crippen LogP) is 5.94. The van der Waals surface area contributed by atoms with Crippen molar-refractivity contribution in [3.63, 3.8) is 0 Å². The third kappa shape index (κ3) is 6.18. The number of nitriles is 1. The van der Waals surface area contributed by atoms with E-state index in [-0.39, 0.29) is 6.61 Å². The first-order valence-electron chi connectivity index (χ1n) is 12.0. The van der Waals surface area contributed by atoms with Gasteiger partial charge in [0.05, 0.1) is 34.8 Å². The molecule has 4 rings (SSSR count). The van der Waals surface area contributed by atoms with Crippen LogP contribution >= 0.6 is 0 Å². The van der Waals surface area contributed by atoms with E-state index < -0.39 is 6.09 Å². The fourth-order valence-electron chi connectivity index (χ4n) is 3.69. The molecule has 0 aliphatic rings. The van der Waals surface area contributed by atoms with E-state index in [9.17, 15) is 10.1 Å². The second-order valence-corrected chi connectivity index (χ2v) is 8.91. The van der Waals surface area contributed by atoms with Crippen LogP contribution in [0.15, 0.2) is 67.0 Å². The first-order valence-corrected chi connectivity index (χ1v) is 12.0. The summed E-state index contributed by atoms with van der Waals surface area (Å²) in [6.45, 7) is 6.94. The van der Waals surface area contributed by atoms with Gasteiger partial charge in [-0.15, -0.1) is 0 Å². The second-order valence-electron chi connectivity index (χ2n) is 8.91. The summed E-state index contributed by atoms with van der Waals surface area (Å²) in [5, 5.41) is 20.2. The maximum absolute atomic E-state index is 12.4. The molecule has 9 nitrogen and oxygen atoms in total. The van der Waals surface area contributed by atoms with E-state index in [4.69, 9.17) is 9.47 Å². The number of nitrogens with one attached hydrogen (secondary N) is 2. The number of hydrogen-bond donors (Lipinski definition) is 2. The van der Waals surface area contributed by atoms with Crippen molar-refractivity contribution in [2.45, 2.75) is 26.8 Å². The summed E-state index contributed by atoms with van der Waals surface area (Å²) in [4.78, 5) is 14.5. The van der Waals surface area contributed by atoms with E-state index in [0.29, 0.717) is 40.8 Å². The number of fused-ring (bicyclic) bond motifs is 1. The number of benzene rings is 2. The molecule has 4 aromatic rings. The number of carbonyl (C=O) groups is 1. The zero-order chi connectivity index (χ0) is 26.4. The summed E-state index contributed by atoms with van der Waals surface area (Å²) < 4.78 is 12.8. The Morgan fingerprint density at radius 3 is 2.51 bits per heavy atom. The quantitative estimate of drug-likeness (QED) is 0.294. The Bertz CT molecular complexity index is 1410. The second kappa shape index (κ2) is 11.5. The summed E-state index contributed by atoms with van der Waals surface area (Å²) in [5.74, 6) is 1.45. The number of ether oxygens (including phenoxy) is 2. The molecular weight excluding hydrogens is 468 g/mol. The van der Waals surface area contributed by atoms with E-state index in [1.54, 1.807) is 10.7 Å². The number of carbonyl (C=O) groups excluding carboxylic acids is 1. The minimum atomic E-state index is -0.541. The third-order valence-electron chi connectivity index (χ3n) is 6.08. The van der Waals surface area contributed by atoms with Gasteiger partial charge in [-0.05, 0) is 64.2 Å². The topological polar surface area (TPSA) is 104 Å². The molecule has 2 heterocycles. The SMILES string of the molecule is Cc1c(NC(=O)OCCN(C)C(C)C)cn2ncc(C#N)c(Nc3ccc(Oc4ccccc4)cc3)c12. The smallest absolute Gasteiger partial charge is 0.411 e. The van der Waals surface area contributed by atoms with Crippen LogP contribution in [0.5, 0.6) is 11.5 Å². The largest absolute Gasteiger partial charge is 0.457 e. The lowest BCUT2D eigenvalue weighted by molar-refractivity contribution is 0.139. The van der Waals surface area contributed by atoms with Crippen molar-refractivity contribution in [2.75, 3.05) is 30.8 Å². The van der Waals surface area contributed by atoms with Gasteiger partial charge in [0, 0.05) is 23.8 Å². The van der Waals surface area contributed by atoms with Gasteiger partial charge in [0.25, 0.3) is 0 Å². The minimum absolute atomic E-state index is 0.278. The standard InChI is InChI=1S/C28H30N6O3/c1-19(2)33(4)14-15-36-28(35)32-25-18-34-27(20(25)3)26(21(16-29)17-30-34)31-22-10-12-24(13-11-22)37-23-8-6-5-7-9-23/h5-13,17-19,31H,14-15H2,1-4H3,(H,32,35). The van der Waals surface area contributed by atoms with Crippen LogP contribution in [-0.2, 0) is 4.74 Å². The monoisotopic (exact) mass is 498 g/mol. The molecule has 0 spiro atoms. The molecule has 0 saturated carbocycles. The average Bonchev–Trinajstić information content (AvgIpc) is 3.21. The van der Waals surface area contributed by atoms with Gasteiger partial charge in [0.2, 0.25) is 0 Å². The summed E-state index contributed by atoms with van der Waals surface area (Å²) in [5.41, 5.74) is 3.73. The Hall–Kier alpha value is -4.55. The molecule has 9 heteroatoms. The Morgan fingerprint density at radius 2 is 1.84 bits per heavy atom. The van der Waals surface area contributed by atoms with Gasteiger partial charge < -0.3 is 19.7 Å². The lowest BCUT2D eigenvalue weighted by atomic mass is 10.1. The normalized spacial score (nSPS) is 10.9. The molecule has 2 aromatic heterocycles. The molecule has 37 heavy (non-hydrogen) atoms. The van der Waals surface area contributed by atoms with Crippen molar-refractivity contribution >= 4 is 28.7 Å². The van der Waals surface area contributed by atoms with Crippen LogP contribution in [-0.4, -0.2) is 46.8 Å². The van der Waals surface area contributed by atoms with Crippen molar-refractivity contribution in [1.29, 1.82) is 5.26 Å². The molecule has 0 atom stereocenters. The minimum Gasteiger partial charge on any atom is -0.457 e. The molecule has 190 valence electrons. The van der Waals surface area contributed by atoms with E-state index in [1.165, 1.54) is 6.20 Å². The average molecular weight is 499 g/mol. The highest BCUT2D eigenvalue weighted by atomic mass is 16.5. The summed E-state index contributed by atoms with van der Waals surface area (Å²) in [6, 6.07) is 19.6. The molecule has 2 N–H and O–H groups in total. The van der Waals surface area contributed by atoms with E-state index in [0.717, 1.165) is 17.0 Å². The molecule has 0 saturated heterocycles. The first-order chi connectivity index (χ1) is 17.9. The van der Waals surface area contributed by atoms with Crippen molar-refractivity contribution in [3.8, 4) is 17.6 Å². The highest BCUT2D eigenvalue weighted by Gasteiger charge is 2.18. The van der Waals surface area contributed by atoms with Gasteiger partial charge in [0.1, 0.15) is 24.2 Å². The van der Waals surface area contributed by atoms with Gasteiger partial charge in [0.15, 0.2) is 0 Å². The highest BCUT2D eigenvalue weighted by molar-refractivity contribution is 5.92. The lowest BCUT2D eigenvalue weighted by Gasteiger charge is -2.20. The molecule has 0 fully saturated rings. The summed E-state index contributed by atoms with van der Waals surface area (Å²) in [7, 11) is 1.98. The Kier molecular flexibility index (Phi) is 7.91. The molecule has 0 unspecified atom stereocenters. The van der Waals surface area contributed by atoms with E-state index in [1.807, 2.05) is 68.6 Å². The molecule has 0 aliphatic carbocycles.